The molecule has 2 aromatic heterocycles. The normalized spacial score (nSPS) is 12.1. The Morgan fingerprint density at radius 2 is 1.86 bits per heavy atom. The molecule has 0 N–H and O–H groups in total. The van der Waals surface area contributed by atoms with Crippen molar-refractivity contribution in [2.45, 2.75) is 26.4 Å². The topological polar surface area (TPSA) is 73.9 Å². The van der Waals surface area contributed by atoms with Gasteiger partial charge in [-0.25, -0.2) is 9.97 Å². The molecule has 3 rings (SSSR count). The number of hydrogen-bond acceptors (Lipinski definition) is 6. The van der Waals surface area contributed by atoms with Gasteiger partial charge in [0.1, 0.15) is 5.75 Å². The lowest BCUT2D eigenvalue weighted by molar-refractivity contribution is 0.165. The Bertz CT molecular complexity index is 743. The first kappa shape index (κ1) is 14.2. The van der Waals surface area contributed by atoms with E-state index in [1.165, 1.54) is 0 Å². The molecule has 0 unspecified atom stereocenters. The molecule has 0 bridgehead atoms. The SMILES string of the molecule is CC[C@@H](Oc1ccccc1C)c1nnc(-c2ncccn2)o1. The predicted molar refractivity (Wildman–Crippen MR) is 80.2 cm³/mol. The monoisotopic (exact) mass is 296 g/mol. The molecule has 0 fully saturated rings. The molecule has 0 amide bonds. The van der Waals surface area contributed by atoms with Crippen LogP contribution in [-0.2, 0) is 0 Å². The first-order valence-corrected chi connectivity index (χ1v) is 7.11. The van der Waals surface area contributed by atoms with Gasteiger partial charge in [0.2, 0.25) is 5.82 Å². The zero-order valence-corrected chi connectivity index (χ0v) is 12.4. The van der Waals surface area contributed by atoms with E-state index < -0.39 is 0 Å². The van der Waals surface area contributed by atoms with Crippen molar-refractivity contribution in [2.24, 2.45) is 0 Å². The zero-order chi connectivity index (χ0) is 15.4. The molecule has 0 spiro atoms. The Balaban J connectivity index is 1.83. The van der Waals surface area contributed by atoms with Crippen LogP contribution in [0.5, 0.6) is 5.75 Å². The van der Waals surface area contributed by atoms with Crippen molar-refractivity contribution in [3.63, 3.8) is 0 Å². The summed E-state index contributed by atoms with van der Waals surface area (Å²) in [6, 6.07) is 9.57. The molecule has 6 heteroatoms. The largest absolute Gasteiger partial charge is 0.480 e. The minimum Gasteiger partial charge on any atom is -0.480 e. The van der Waals surface area contributed by atoms with E-state index in [9.17, 15) is 0 Å². The minimum absolute atomic E-state index is 0.294. The van der Waals surface area contributed by atoms with Crippen molar-refractivity contribution < 1.29 is 9.15 Å². The van der Waals surface area contributed by atoms with Gasteiger partial charge in [-0.2, -0.15) is 0 Å². The van der Waals surface area contributed by atoms with E-state index in [2.05, 4.69) is 20.2 Å². The van der Waals surface area contributed by atoms with Crippen LogP contribution in [0.1, 0.15) is 30.9 Å². The summed E-state index contributed by atoms with van der Waals surface area (Å²) in [5.41, 5.74) is 1.06. The van der Waals surface area contributed by atoms with Gasteiger partial charge >= 0.3 is 0 Å². The van der Waals surface area contributed by atoms with Crippen LogP contribution >= 0.6 is 0 Å². The number of aryl methyl sites for hydroxylation is 1. The van der Waals surface area contributed by atoms with Gasteiger partial charge in [0.15, 0.2) is 6.10 Å². The highest BCUT2D eigenvalue weighted by atomic mass is 16.5. The van der Waals surface area contributed by atoms with E-state index in [1.807, 2.05) is 38.1 Å². The minimum atomic E-state index is -0.300. The van der Waals surface area contributed by atoms with Gasteiger partial charge in [-0.1, -0.05) is 25.1 Å². The third kappa shape index (κ3) is 2.95. The molecule has 0 saturated heterocycles. The van der Waals surface area contributed by atoms with Gasteiger partial charge in [-0.15, -0.1) is 10.2 Å². The molecule has 112 valence electrons. The fraction of sp³-hybridized carbons (Fsp3) is 0.250. The average molecular weight is 296 g/mol. The van der Waals surface area contributed by atoms with E-state index in [-0.39, 0.29) is 6.10 Å². The highest BCUT2D eigenvalue weighted by molar-refractivity contribution is 5.38. The lowest BCUT2D eigenvalue weighted by Gasteiger charge is -2.15. The Morgan fingerprint density at radius 3 is 2.59 bits per heavy atom. The molecule has 0 radical (unpaired) electrons. The number of rotatable bonds is 5. The van der Waals surface area contributed by atoms with Crippen LogP contribution in [0, 0.1) is 6.92 Å². The number of benzene rings is 1. The van der Waals surface area contributed by atoms with Crippen molar-refractivity contribution >= 4 is 0 Å². The number of hydrogen-bond donors (Lipinski definition) is 0. The maximum absolute atomic E-state index is 5.99. The molecule has 0 aliphatic heterocycles. The molecule has 3 aromatic rings. The molecule has 1 atom stereocenters. The maximum Gasteiger partial charge on any atom is 0.285 e. The highest BCUT2D eigenvalue weighted by Crippen LogP contribution is 2.27. The van der Waals surface area contributed by atoms with Crippen molar-refractivity contribution in [2.75, 3.05) is 0 Å². The summed E-state index contributed by atoms with van der Waals surface area (Å²) in [6.45, 7) is 4.00. The Kier molecular flexibility index (Phi) is 4.09. The van der Waals surface area contributed by atoms with Gasteiger partial charge < -0.3 is 9.15 Å². The molecule has 0 aliphatic rings. The summed E-state index contributed by atoms with van der Waals surface area (Å²) in [4.78, 5) is 8.19. The fourth-order valence-electron chi connectivity index (χ4n) is 2.01. The third-order valence-corrected chi connectivity index (χ3v) is 3.21. The lowest BCUT2D eigenvalue weighted by Crippen LogP contribution is -2.07. The van der Waals surface area contributed by atoms with Crippen molar-refractivity contribution in [1.29, 1.82) is 0 Å². The van der Waals surface area contributed by atoms with Crippen LogP contribution < -0.4 is 4.74 Å². The van der Waals surface area contributed by atoms with Crippen molar-refractivity contribution in [1.82, 2.24) is 20.2 Å². The first-order valence-electron chi connectivity index (χ1n) is 7.11. The number of nitrogens with zero attached hydrogens (tertiary/aromatic N) is 4. The van der Waals surface area contributed by atoms with Crippen LogP contribution in [0.2, 0.25) is 0 Å². The van der Waals surface area contributed by atoms with Crippen LogP contribution in [0.15, 0.2) is 47.1 Å². The van der Waals surface area contributed by atoms with E-state index in [1.54, 1.807) is 18.5 Å². The maximum atomic E-state index is 5.99. The van der Waals surface area contributed by atoms with E-state index >= 15 is 0 Å². The van der Waals surface area contributed by atoms with Crippen LogP contribution in [0.3, 0.4) is 0 Å². The molecule has 1 aromatic carbocycles. The summed E-state index contributed by atoms with van der Waals surface area (Å²) >= 11 is 0. The molecule has 0 aliphatic carbocycles. The highest BCUT2D eigenvalue weighted by Gasteiger charge is 2.21. The van der Waals surface area contributed by atoms with E-state index in [0.29, 0.717) is 24.0 Å². The standard InChI is InChI=1S/C16H16N4O2/c1-3-12(21-13-8-5-4-7-11(13)2)15-19-20-16(22-15)14-17-9-6-10-18-14/h4-10,12H,3H2,1-2H3/t12-/m1/s1. The van der Waals surface area contributed by atoms with E-state index in [4.69, 9.17) is 9.15 Å². The van der Waals surface area contributed by atoms with Gasteiger partial charge in [0, 0.05) is 12.4 Å². The predicted octanol–water partition coefficient (Wildman–Crippen LogP) is 3.37. The van der Waals surface area contributed by atoms with Gasteiger partial charge in [-0.05, 0) is 31.0 Å². The fourth-order valence-corrected chi connectivity index (χ4v) is 2.01. The third-order valence-electron chi connectivity index (χ3n) is 3.21. The summed E-state index contributed by atoms with van der Waals surface area (Å²) in [6.07, 6.45) is 3.68. The van der Waals surface area contributed by atoms with Crippen LogP contribution in [-0.4, -0.2) is 20.2 Å². The second kappa shape index (κ2) is 6.34. The van der Waals surface area contributed by atoms with Crippen molar-refractivity contribution in [3.05, 3.63) is 54.2 Å². The molecule has 22 heavy (non-hydrogen) atoms. The molecule has 0 saturated carbocycles. The molecular weight excluding hydrogens is 280 g/mol. The second-order valence-electron chi connectivity index (χ2n) is 4.80. The zero-order valence-electron chi connectivity index (χ0n) is 12.4. The lowest BCUT2D eigenvalue weighted by atomic mass is 10.2. The molecule has 6 nitrogen and oxygen atoms in total. The Labute approximate surface area is 128 Å². The number of para-hydroxylation sites is 1. The summed E-state index contributed by atoms with van der Waals surface area (Å²) in [5.74, 6) is 1.94. The second-order valence-corrected chi connectivity index (χ2v) is 4.80. The van der Waals surface area contributed by atoms with Gasteiger partial charge in [0.05, 0.1) is 0 Å². The summed E-state index contributed by atoms with van der Waals surface area (Å²) in [5, 5.41) is 8.07. The average Bonchev–Trinajstić information content (AvgIpc) is 3.05. The van der Waals surface area contributed by atoms with Crippen molar-refractivity contribution in [3.8, 4) is 17.5 Å². The molecular formula is C16H16N4O2. The number of ether oxygens (including phenoxy) is 1. The first-order chi connectivity index (χ1) is 10.8. The number of aromatic nitrogens is 4. The molecule has 2 heterocycles. The van der Waals surface area contributed by atoms with Crippen LogP contribution in [0.4, 0.5) is 0 Å². The van der Waals surface area contributed by atoms with Crippen LogP contribution in [0.25, 0.3) is 11.7 Å². The Hall–Kier alpha value is -2.76. The summed E-state index contributed by atoms with van der Waals surface area (Å²) < 4.78 is 11.7. The quantitative estimate of drug-likeness (QED) is 0.718. The smallest absolute Gasteiger partial charge is 0.285 e. The van der Waals surface area contributed by atoms with Gasteiger partial charge in [-0.3, -0.25) is 0 Å². The van der Waals surface area contributed by atoms with E-state index in [0.717, 1.165) is 11.3 Å². The van der Waals surface area contributed by atoms with Gasteiger partial charge in [0.25, 0.3) is 11.8 Å². The Morgan fingerprint density at radius 1 is 1.09 bits per heavy atom. The summed E-state index contributed by atoms with van der Waals surface area (Å²) in [7, 11) is 0.